The normalized spacial score (nSPS) is 21.4. The first-order chi connectivity index (χ1) is 9.29. The van der Waals surface area contributed by atoms with E-state index in [2.05, 4.69) is 0 Å². The zero-order valence-electron chi connectivity index (χ0n) is 10.7. The van der Waals surface area contributed by atoms with E-state index in [1.807, 2.05) is 48.5 Å². The Balaban J connectivity index is 1.99. The van der Waals surface area contributed by atoms with E-state index in [-0.39, 0.29) is 6.10 Å². The van der Waals surface area contributed by atoms with Gasteiger partial charge in [0.1, 0.15) is 6.10 Å². The van der Waals surface area contributed by atoms with Crippen molar-refractivity contribution >= 4 is 0 Å². The molecule has 2 unspecified atom stereocenters. The maximum atomic E-state index is 10.3. The van der Waals surface area contributed by atoms with Crippen LogP contribution < -0.4 is 9.47 Å². The van der Waals surface area contributed by atoms with Crippen LogP contribution in [0.1, 0.15) is 29.8 Å². The summed E-state index contributed by atoms with van der Waals surface area (Å²) < 4.78 is 11.3. The Labute approximate surface area is 112 Å². The number of para-hydroxylation sites is 1. The van der Waals surface area contributed by atoms with E-state index in [4.69, 9.17) is 9.47 Å². The van der Waals surface area contributed by atoms with Gasteiger partial charge >= 0.3 is 0 Å². The Bertz CT molecular complexity index is 565. The average molecular weight is 256 g/mol. The largest absolute Gasteiger partial charge is 0.493 e. The van der Waals surface area contributed by atoms with E-state index in [0.29, 0.717) is 17.9 Å². The molecule has 1 heterocycles. The Morgan fingerprint density at radius 1 is 1.11 bits per heavy atom. The van der Waals surface area contributed by atoms with Gasteiger partial charge in [-0.3, -0.25) is 0 Å². The van der Waals surface area contributed by atoms with Gasteiger partial charge in [0.15, 0.2) is 11.5 Å². The number of aliphatic hydroxyl groups is 1. The summed E-state index contributed by atoms with van der Waals surface area (Å²) in [5.41, 5.74) is 1.87. The zero-order chi connectivity index (χ0) is 13.2. The molecule has 3 rings (SSSR count). The lowest BCUT2D eigenvalue weighted by molar-refractivity contribution is 0.0631. The number of hydrogen-bond donors (Lipinski definition) is 1. The smallest absolute Gasteiger partial charge is 0.167 e. The highest BCUT2D eigenvalue weighted by molar-refractivity contribution is 5.49. The van der Waals surface area contributed by atoms with E-state index >= 15 is 0 Å². The van der Waals surface area contributed by atoms with E-state index in [9.17, 15) is 5.11 Å². The molecule has 0 amide bonds. The van der Waals surface area contributed by atoms with Crippen molar-refractivity contribution in [3.05, 3.63) is 59.7 Å². The van der Waals surface area contributed by atoms with Crippen LogP contribution >= 0.6 is 0 Å². The van der Waals surface area contributed by atoms with Gasteiger partial charge in [-0.05, 0) is 11.6 Å². The molecular formula is C16H16O3. The summed E-state index contributed by atoms with van der Waals surface area (Å²) in [7, 11) is 1.61. The van der Waals surface area contributed by atoms with E-state index in [0.717, 1.165) is 11.1 Å². The first kappa shape index (κ1) is 12.1. The molecule has 98 valence electrons. The standard InChI is InChI=1S/C16H16O3/c1-18-14-9-5-8-12-13(17)10-15(19-16(12)14)11-6-3-2-4-7-11/h2-9,13,15,17H,10H2,1H3. The predicted molar refractivity (Wildman–Crippen MR) is 72.4 cm³/mol. The SMILES string of the molecule is COc1cccc2c1OC(c1ccccc1)CC2O. The molecule has 0 spiro atoms. The first-order valence-electron chi connectivity index (χ1n) is 6.36. The lowest BCUT2D eigenvalue weighted by atomic mass is 9.95. The number of hydrogen-bond acceptors (Lipinski definition) is 3. The molecule has 2 atom stereocenters. The lowest BCUT2D eigenvalue weighted by Gasteiger charge is -2.30. The molecule has 3 nitrogen and oxygen atoms in total. The molecule has 0 bridgehead atoms. The molecule has 0 fully saturated rings. The summed E-state index contributed by atoms with van der Waals surface area (Å²) in [6.07, 6.45) is -0.103. The van der Waals surface area contributed by atoms with Crippen LogP contribution in [0, 0.1) is 0 Å². The molecule has 0 aromatic heterocycles. The van der Waals surface area contributed by atoms with Gasteiger partial charge in [0, 0.05) is 12.0 Å². The maximum Gasteiger partial charge on any atom is 0.167 e. The van der Waals surface area contributed by atoms with Crippen molar-refractivity contribution in [2.45, 2.75) is 18.6 Å². The summed E-state index contributed by atoms with van der Waals surface area (Å²) in [4.78, 5) is 0. The Morgan fingerprint density at radius 3 is 2.63 bits per heavy atom. The zero-order valence-corrected chi connectivity index (χ0v) is 10.7. The third-order valence-electron chi connectivity index (χ3n) is 3.46. The fourth-order valence-corrected chi connectivity index (χ4v) is 2.47. The van der Waals surface area contributed by atoms with Crippen LogP contribution in [0.2, 0.25) is 0 Å². The summed E-state index contributed by atoms with van der Waals surface area (Å²) in [5.74, 6) is 1.31. The highest BCUT2D eigenvalue weighted by Crippen LogP contribution is 2.45. The Morgan fingerprint density at radius 2 is 1.89 bits per heavy atom. The van der Waals surface area contributed by atoms with Crippen LogP contribution in [0.4, 0.5) is 0 Å². The molecule has 0 saturated carbocycles. The molecule has 19 heavy (non-hydrogen) atoms. The third-order valence-corrected chi connectivity index (χ3v) is 3.46. The topological polar surface area (TPSA) is 38.7 Å². The van der Waals surface area contributed by atoms with Crippen LogP contribution in [0.25, 0.3) is 0 Å². The number of fused-ring (bicyclic) bond motifs is 1. The number of rotatable bonds is 2. The molecule has 1 aliphatic heterocycles. The predicted octanol–water partition coefficient (Wildman–Crippen LogP) is 3.25. The number of ether oxygens (including phenoxy) is 2. The van der Waals surface area contributed by atoms with E-state index in [1.165, 1.54) is 0 Å². The quantitative estimate of drug-likeness (QED) is 0.896. The molecular weight excluding hydrogens is 240 g/mol. The fraction of sp³-hybridized carbons (Fsp3) is 0.250. The highest BCUT2D eigenvalue weighted by atomic mass is 16.5. The van der Waals surface area contributed by atoms with Crippen LogP contribution in [-0.4, -0.2) is 12.2 Å². The minimum absolute atomic E-state index is 0.139. The monoisotopic (exact) mass is 256 g/mol. The number of aliphatic hydroxyl groups excluding tert-OH is 1. The van der Waals surface area contributed by atoms with Crippen LogP contribution in [0.15, 0.2) is 48.5 Å². The van der Waals surface area contributed by atoms with Gasteiger partial charge in [0.25, 0.3) is 0 Å². The van der Waals surface area contributed by atoms with Gasteiger partial charge in [-0.15, -0.1) is 0 Å². The molecule has 2 aromatic carbocycles. The van der Waals surface area contributed by atoms with Crippen molar-refractivity contribution < 1.29 is 14.6 Å². The molecule has 2 aromatic rings. The van der Waals surface area contributed by atoms with Crippen molar-refractivity contribution in [1.82, 2.24) is 0 Å². The molecule has 0 saturated heterocycles. The molecule has 1 aliphatic rings. The minimum Gasteiger partial charge on any atom is -0.493 e. The van der Waals surface area contributed by atoms with Gasteiger partial charge < -0.3 is 14.6 Å². The molecule has 0 radical (unpaired) electrons. The van der Waals surface area contributed by atoms with Gasteiger partial charge in [0.2, 0.25) is 0 Å². The summed E-state index contributed by atoms with van der Waals surface area (Å²) in [5, 5.41) is 10.3. The summed E-state index contributed by atoms with van der Waals surface area (Å²) in [6.45, 7) is 0. The fourth-order valence-electron chi connectivity index (χ4n) is 2.47. The highest BCUT2D eigenvalue weighted by Gasteiger charge is 2.29. The minimum atomic E-state index is -0.524. The second-order valence-corrected chi connectivity index (χ2v) is 4.65. The lowest BCUT2D eigenvalue weighted by Crippen LogP contribution is -2.19. The summed E-state index contributed by atoms with van der Waals surface area (Å²) in [6, 6.07) is 15.5. The van der Waals surface area contributed by atoms with Crippen molar-refractivity contribution in [2.75, 3.05) is 7.11 Å². The van der Waals surface area contributed by atoms with Crippen LogP contribution in [0.5, 0.6) is 11.5 Å². The van der Waals surface area contributed by atoms with Crippen LogP contribution in [-0.2, 0) is 0 Å². The second-order valence-electron chi connectivity index (χ2n) is 4.65. The van der Waals surface area contributed by atoms with Crippen molar-refractivity contribution in [2.24, 2.45) is 0 Å². The van der Waals surface area contributed by atoms with Crippen molar-refractivity contribution in [1.29, 1.82) is 0 Å². The van der Waals surface area contributed by atoms with Crippen molar-refractivity contribution in [3.8, 4) is 11.5 Å². The summed E-state index contributed by atoms with van der Waals surface area (Å²) >= 11 is 0. The Hall–Kier alpha value is -2.00. The Kier molecular flexibility index (Phi) is 3.13. The average Bonchev–Trinajstić information content (AvgIpc) is 2.47. The molecule has 0 aliphatic carbocycles. The van der Waals surface area contributed by atoms with Gasteiger partial charge in [-0.25, -0.2) is 0 Å². The number of benzene rings is 2. The number of methoxy groups -OCH3 is 1. The van der Waals surface area contributed by atoms with Gasteiger partial charge in [-0.1, -0.05) is 42.5 Å². The van der Waals surface area contributed by atoms with E-state index in [1.54, 1.807) is 7.11 Å². The van der Waals surface area contributed by atoms with Gasteiger partial charge in [0.05, 0.1) is 13.2 Å². The van der Waals surface area contributed by atoms with Gasteiger partial charge in [-0.2, -0.15) is 0 Å². The third kappa shape index (κ3) is 2.17. The second kappa shape index (κ2) is 4.94. The first-order valence-corrected chi connectivity index (χ1v) is 6.36. The molecule has 1 N–H and O–H groups in total. The maximum absolute atomic E-state index is 10.3. The molecule has 3 heteroatoms. The van der Waals surface area contributed by atoms with Crippen LogP contribution in [0.3, 0.4) is 0 Å². The van der Waals surface area contributed by atoms with Crippen molar-refractivity contribution in [3.63, 3.8) is 0 Å². The van der Waals surface area contributed by atoms with E-state index < -0.39 is 6.10 Å².